The van der Waals surface area contributed by atoms with Crippen LogP contribution in [0.4, 0.5) is 11.4 Å². The quantitative estimate of drug-likeness (QED) is 0.122. The van der Waals surface area contributed by atoms with E-state index in [0.29, 0.717) is 27.0 Å². The standard InChI is InChI=1S/C18H19NOS.C14H11Cl2NO2.C2H6O/c1-19-12-11-17(18-10-5-13-21-18)20-16-9-4-7-14-6-2-3-8-15(14)16;15-10-5-3-6-11(16)14(10)17-12-7-2-1-4-9(12)8-13(18)19;1-2-3/h2-10,13,17,19H,11-12H2,1H3;1-7,17H,8H2,(H,18,19);3H,2H2,1H3/t17-;;/m1../s1. The summed E-state index contributed by atoms with van der Waals surface area (Å²) in [7, 11) is 1.98. The summed E-state index contributed by atoms with van der Waals surface area (Å²) in [6.45, 7) is 2.87. The van der Waals surface area contributed by atoms with Gasteiger partial charge in [-0.25, -0.2) is 0 Å². The first-order chi connectivity index (χ1) is 20.9. The zero-order valence-corrected chi connectivity index (χ0v) is 26.4. The first-order valence-electron chi connectivity index (χ1n) is 13.8. The van der Waals surface area contributed by atoms with E-state index in [1.165, 1.54) is 15.6 Å². The molecule has 1 aromatic heterocycles. The van der Waals surface area contributed by atoms with E-state index >= 15 is 0 Å². The number of para-hydroxylation sites is 2. The van der Waals surface area contributed by atoms with Crippen molar-refractivity contribution in [1.29, 1.82) is 0 Å². The Labute approximate surface area is 266 Å². The minimum atomic E-state index is -0.889. The van der Waals surface area contributed by atoms with Gasteiger partial charge in [0.25, 0.3) is 0 Å². The first kappa shape index (κ1) is 33.9. The van der Waals surface area contributed by atoms with Gasteiger partial charge in [0, 0.05) is 29.0 Å². The molecule has 0 saturated carbocycles. The molecule has 0 unspecified atom stereocenters. The van der Waals surface area contributed by atoms with Crippen molar-refractivity contribution in [3.63, 3.8) is 0 Å². The van der Waals surface area contributed by atoms with Crippen LogP contribution in [0.1, 0.15) is 29.9 Å². The summed E-state index contributed by atoms with van der Waals surface area (Å²) in [5, 5.41) is 28.2. The fraction of sp³-hybridized carbons (Fsp3) is 0.206. The number of aliphatic hydroxyl groups excluding tert-OH is 1. The predicted octanol–water partition coefficient (Wildman–Crippen LogP) is 8.99. The molecule has 5 rings (SSSR count). The minimum absolute atomic E-state index is 0.0642. The van der Waals surface area contributed by atoms with Crippen molar-refractivity contribution < 1.29 is 19.7 Å². The SMILES string of the molecule is CCO.CNCC[C@@H](Oc1cccc2ccccc12)c1cccs1.O=C(O)Cc1ccccc1Nc1c(Cl)cccc1Cl. The van der Waals surface area contributed by atoms with Gasteiger partial charge in [0.1, 0.15) is 11.9 Å². The molecule has 5 aromatic rings. The summed E-state index contributed by atoms with van der Waals surface area (Å²) in [6, 6.07) is 31.2. The van der Waals surface area contributed by atoms with E-state index in [2.05, 4.69) is 70.6 Å². The van der Waals surface area contributed by atoms with Gasteiger partial charge in [-0.2, -0.15) is 0 Å². The fourth-order valence-electron chi connectivity index (χ4n) is 4.17. The minimum Gasteiger partial charge on any atom is -0.484 e. The van der Waals surface area contributed by atoms with Crippen molar-refractivity contribution in [1.82, 2.24) is 5.32 Å². The number of thiophene rings is 1. The molecule has 0 aliphatic rings. The number of nitrogens with one attached hydrogen (secondary N) is 2. The second kappa shape index (κ2) is 18.2. The molecule has 0 radical (unpaired) electrons. The summed E-state index contributed by atoms with van der Waals surface area (Å²) in [4.78, 5) is 12.1. The van der Waals surface area contributed by atoms with Gasteiger partial charge in [-0.3, -0.25) is 4.79 Å². The molecule has 226 valence electrons. The number of carbonyl (C=O) groups is 1. The van der Waals surface area contributed by atoms with Crippen LogP contribution >= 0.6 is 34.5 Å². The Hall–Kier alpha value is -3.59. The van der Waals surface area contributed by atoms with Crippen LogP contribution in [0.15, 0.2) is 102 Å². The number of benzene rings is 4. The van der Waals surface area contributed by atoms with Crippen molar-refractivity contribution in [2.75, 3.05) is 25.5 Å². The molecule has 0 aliphatic heterocycles. The maximum absolute atomic E-state index is 10.8. The molecule has 43 heavy (non-hydrogen) atoms. The zero-order valence-electron chi connectivity index (χ0n) is 24.1. The molecule has 1 atom stereocenters. The van der Waals surface area contributed by atoms with Gasteiger partial charge in [0.15, 0.2) is 0 Å². The highest BCUT2D eigenvalue weighted by atomic mass is 35.5. The zero-order chi connectivity index (χ0) is 31.0. The second-order valence-corrected chi connectivity index (χ2v) is 11.1. The molecule has 0 aliphatic carbocycles. The number of hydrogen-bond donors (Lipinski definition) is 4. The Balaban J connectivity index is 0.000000217. The van der Waals surface area contributed by atoms with Crippen molar-refractivity contribution in [2.45, 2.75) is 25.9 Å². The average molecular weight is 640 g/mol. The van der Waals surface area contributed by atoms with Crippen LogP contribution in [-0.2, 0) is 11.2 Å². The van der Waals surface area contributed by atoms with Crippen molar-refractivity contribution in [2.24, 2.45) is 0 Å². The monoisotopic (exact) mass is 638 g/mol. The van der Waals surface area contributed by atoms with Crippen LogP contribution in [0.3, 0.4) is 0 Å². The maximum atomic E-state index is 10.8. The van der Waals surface area contributed by atoms with E-state index in [4.69, 9.17) is 38.2 Å². The van der Waals surface area contributed by atoms with E-state index in [1.54, 1.807) is 54.7 Å². The molecular weight excluding hydrogens is 603 g/mol. The van der Waals surface area contributed by atoms with E-state index in [1.807, 2.05) is 13.1 Å². The number of anilines is 2. The topological polar surface area (TPSA) is 90.8 Å². The van der Waals surface area contributed by atoms with E-state index < -0.39 is 5.97 Å². The van der Waals surface area contributed by atoms with Crippen molar-refractivity contribution in [3.8, 4) is 5.75 Å². The molecule has 4 aromatic carbocycles. The molecule has 1 heterocycles. The van der Waals surface area contributed by atoms with Crippen LogP contribution < -0.4 is 15.4 Å². The van der Waals surface area contributed by atoms with Crippen molar-refractivity contribution in [3.05, 3.63) is 123 Å². The summed E-state index contributed by atoms with van der Waals surface area (Å²) < 4.78 is 6.34. The summed E-state index contributed by atoms with van der Waals surface area (Å²) >= 11 is 13.9. The first-order valence-corrected chi connectivity index (χ1v) is 15.4. The highest BCUT2D eigenvalue weighted by Gasteiger charge is 2.15. The van der Waals surface area contributed by atoms with Gasteiger partial charge in [-0.15, -0.1) is 11.3 Å². The summed E-state index contributed by atoms with van der Waals surface area (Å²) in [5.74, 6) is 0.0714. The van der Waals surface area contributed by atoms with Crippen LogP contribution in [-0.4, -0.2) is 36.4 Å². The van der Waals surface area contributed by atoms with Gasteiger partial charge in [-0.05, 0) is 67.2 Å². The van der Waals surface area contributed by atoms with Crippen LogP contribution in [0, 0.1) is 0 Å². The predicted molar refractivity (Wildman–Crippen MR) is 180 cm³/mol. The number of aliphatic carboxylic acids is 1. The molecular formula is C34H36Cl2N2O4S. The largest absolute Gasteiger partial charge is 0.484 e. The number of fused-ring (bicyclic) bond motifs is 1. The Morgan fingerprint density at radius 1 is 0.907 bits per heavy atom. The maximum Gasteiger partial charge on any atom is 0.307 e. The number of carboxylic acid groups (broad SMARTS) is 1. The fourth-order valence-corrected chi connectivity index (χ4v) is 5.45. The Morgan fingerprint density at radius 3 is 2.23 bits per heavy atom. The molecule has 9 heteroatoms. The van der Waals surface area contributed by atoms with Gasteiger partial charge in [-0.1, -0.05) is 89.9 Å². The molecule has 6 nitrogen and oxygen atoms in total. The van der Waals surface area contributed by atoms with Gasteiger partial charge in [0.05, 0.1) is 22.2 Å². The number of ether oxygens (including phenoxy) is 1. The van der Waals surface area contributed by atoms with E-state index in [9.17, 15) is 4.79 Å². The normalized spacial score (nSPS) is 11.0. The van der Waals surface area contributed by atoms with Crippen molar-refractivity contribution >= 4 is 62.7 Å². The lowest BCUT2D eigenvalue weighted by Crippen LogP contribution is -2.15. The molecule has 0 amide bonds. The molecule has 0 saturated heterocycles. The third kappa shape index (κ3) is 10.6. The lowest BCUT2D eigenvalue weighted by Gasteiger charge is -2.19. The number of halogens is 2. The van der Waals surface area contributed by atoms with Gasteiger partial charge < -0.3 is 25.6 Å². The smallest absolute Gasteiger partial charge is 0.307 e. The number of carboxylic acids is 1. The summed E-state index contributed by atoms with van der Waals surface area (Å²) in [6.07, 6.45) is 0.995. The lowest BCUT2D eigenvalue weighted by atomic mass is 10.1. The summed E-state index contributed by atoms with van der Waals surface area (Å²) in [5.41, 5.74) is 1.93. The number of hydrogen-bond acceptors (Lipinski definition) is 6. The van der Waals surface area contributed by atoms with Crippen LogP contribution in [0.25, 0.3) is 10.8 Å². The molecule has 4 N–H and O–H groups in total. The van der Waals surface area contributed by atoms with Crippen LogP contribution in [0.5, 0.6) is 5.75 Å². The lowest BCUT2D eigenvalue weighted by molar-refractivity contribution is -0.136. The highest BCUT2D eigenvalue weighted by molar-refractivity contribution is 7.10. The van der Waals surface area contributed by atoms with Gasteiger partial charge in [0.2, 0.25) is 0 Å². The molecule has 0 fully saturated rings. The van der Waals surface area contributed by atoms with E-state index in [0.717, 1.165) is 18.7 Å². The number of rotatable bonds is 10. The van der Waals surface area contributed by atoms with Gasteiger partial charge >= 0.3 is 5.97 Å². The van der Waals surface area contributed by atoms with E-state index in [-0.39, 0.29) is 19.1 Å². The number of aliphatic hydroxyl groups is 1. The second-order valence-electron chi connectivity index (χ2n) is 9.26. The van der Waals surface area contributed by atoms with Crippen LogP contribution in [0.2, 0.25) is 10.0 Å². The highest BCUT2D eigenvalue weighted by Crippen LogP contribution is 2.34. The Kier molecular flexibility index (Phi) is 14.3. The third-order valence-electron chi connectivity index (χ3n) is 6.12. The average Bonchev–Trinajstić information content (AvgIpc) is 3.54. The Morgan fingerprint density at radius 2 is 1.56 bits per heavy atom. The third-order valence-corrected chi connectivity index (χ3v) is 7.71. The molecule has 0 spiro atoms. The Bertz CT molecular complexity index is 1540. The molecule has 0 bridgehead atoms.